The molecule has 0 atom stereocenters. The highest BCUT2D eigenvalue weighted by molar-refractivity contribution is 7.92. The van der Waals surface area contributed by atoms with E-state index in [1.165, 1.54) is 24.4 Å². The molecule has 1 heterocycles. The fraction of sp³-hybridized carbons (Fsp3) is 0.192. The fourth-order valence-electron chi connectivity index (χ4n) is 3.48. The molecular weight excluding hydrogens is 543 g/mol. The Morgan fingerprint density at radius 2 is 1.67 bits per heavy atom. The molecule has 4 rings (SSSR count). The summed E-state index contributed by atoms with van der Waals surface area (Å²) in [6, 6.07) is 8.74. The van der Waals surface area contributed by atoms with Gasteiger partial charge < -0.3 is 0 Å². The van der Waals surface area contributed by atoms with E-state index in [4.69, 9.17) is 0 Å². The number of sulfonamides is 1. The molecule has 0 saturated carbocycles. The summed E-state index contributed by atoms with van der Waals surface area (Å²) in [7, 11) is -4.66. The van der Waals surface area contributed by atoms with Gasteiger partial charge >= 0.3 is 6.18 Å². The zero-order valence-electron chi connectivity index (χ0n) is 20.7. The van der Waals surface area contributed by atoms with Crippen molar-refractivity contribution in [3.63, 3.8) is 0 Å². The third kappa shape index (κ3) is 5.98. The number of alkyl halides is 3. The van der Waals surface area contributed by atoms with Gasteiger partial charge in [0.2, 0.25) is 11.9 Å². The van der Waals surface area contributed by atoms with Gasteiger partial charge in [-0.2, -0.15) is 13.2 Å². The van der Waals surface area contributed by atoms with Crippen molar-refractivity contribution in [2.45, 2.75) is 31.8 Å². The van der Waals surface area contributed by atoms with E-state index in [0.29, 0.717) is 23.0 Å². The first kappa shape index (κ1) is 27.9. The van der Waals surface area contributed by atoms with Crippen LogP contribution >= 0.6 is 0 Å². The zero-order chi connectivity index (χ0) is 28.8. The van der Waals surface area contributed by atoms with E-state index >= 15 is 4.39 Å². The molecule has 3 aromatic carbocycles. The number of carbonyl (C=O) groups is 1. The molecule has 0 radical (unpaired) electrons. The molecule has 204 valence electrons. The largest absolute Gasteiger partial charge is 0.416 e. The number of nitrogens with zero attached hydrogens (tertiary/aromatic N) is 2. The molecule has 1 amide bonds. The maximum atomic E-state index is 15.4. The number of hydrogen-bond donors (Lipinski definition) is 2. The number of carbonyl (C=O) groups excluding carboxylic acids is 1. The molecular formula is C26H21F5N4O3S. The van der Waals surface area contributed by atoms with Gasteiger partial charge in [-0.15, -0.1) is 0 Å². The van der Waals surface area contributed by atoms with Crippen LogP contribution in [0.5, 0.6) is 0 Å². The van der Waals surface area contributed by atoms with Crippen LogP contribution in [0.2, 0.25) is 0 Å². The van der Waals surface area contributed by atoms with Gasteiger partial charge in [-0.25, -0.2) is 27.2 Å². The SMILES string of the molecule is CC(C)(C)C(=O)Nc1ncc2cc(-c3c(F)ccc(NS(=O)(=O)c4cccc(C(F)(F)F)c4)c3F)ccc2n1. The van der Waals surface area contributed by atoms with Crippen molar-refractivity contribution in [2.75, 3.05) is 10.0 Å². The minimum atomic E-state index is -4.79. The molecule has 2 N–H and O–H groups in total. The summed E-state index contributed by atoms with van der Waals surface area (Å²) in [6.07, 6.45) is -3.45. The summed E-state index contributed by atoms with van der Waals surface area (Å²) in [6.45, 7) is 5.14. The number of nitrogens with one attached hydrogen (secondary N) is 2. The maximum absolute atomic E-state index is 15.4. The van der Waals surface area contributed by atoms with Crippen LogP contribution in [0.3, 0.4) is 0 Å². The minimum Gasteiger partial charge on any atom is -0.294 e. The highest BCUT2D eigenvalue weighted by atomic mass is 32.2. The number of benzene rings is 3. The molecule has 0 bridgehead atoms. The van der Waals surface area contributed by atoms with Crippen LogP contribution in [0.25, 0.3) is 22.0 Å². The van der Waals surface area contributed by atoms with Gasteiger partial charge in [-0.05, 0) is 48.0 Å². The van der Waals surface area contributed by atoms with Crippen molar-refractivity contribution in [1.82, 2.24) is 9.97 Å². The highest BCUT2D eigenvalue weighted by Crippen LogP contribution is 2.34. The Bertz CT molecular complexity index is 1700. The van der Waals surface area contributed by atoms with Crippen molar-refractivity contribution < 1.29 is 35.2 Å². The van der Waals surface area contributed by atoms with Crippen molar-refractivity contribution in [1.29, 1.82) is 0 Å². The maximum Gasteiger partial charge on any atom is 0.416 e. The van der Waals surface area contributed by atoms with Crippen LogP contribution in [-0.2, 0) is 21.0 Å². The number of hydrogen-bond acceptors (Lipinski definition) is 5. The second-order valence-corrected chi connectivity index (χ2v) is 11.3. The lowest BCUT2D eigenvalue weighted by Crippen LogP contribution is -2.28. The molecule has 7 nitrogen and oxygen atoms in total. The normalized spacial score (nSPS) is 12.4. The van der Waals surface area contributed by atoms with Gasteiger partial charge in [0.05, 0.1) is 27.2 Å². The van der Waals surface area contributed by atoms with E-state index in [1.807, 2.05) is 4.72 Å². The quantitative estimate of drug-likeness (QED) is 0.274. The van der Waals surface area contributed by atoms with Gasteiger partial charge in [0.25, 0.3) is 10.0 Å². The molecule has 39 heavy (non-hydrogen) atoms. The smallest absolute Gasteiger partial charge is 0.294 e. The summed E-state index contributed by atoms with van der Waals surface area (Å²) in [5, 5.41) is 2.95. The van der Waals surface area contributed by atoms with Gasteiger partial charge in [-0.1, -0.05) is 32.9 Å². The van der Waals surface area contributed by atoms with Crippen LogP contribution < -0.4 is 10.0 Å². The lowest BCUT2D eigenvalue weighted by molar-refractivity contribution is -0.137. The molecule has 0 spiro atoms. The summed E-state index contributed by atoms with van der Waals surface area (Å²) in [5.74, 6) is -2.56. The molecule has 0 aliphatic rings. The Labute approximate surface area is 220 Å². The number of aromatic nitrogens is 2. The van der Waals surface area contributed by atoms with Crippen molar-refractivity contribution in [3.05, 3.63) is 78.0 Å². The van der Waals surface area contributed by atoms with Crippen molar-refractivity contribution in [2.24, 2.45) is 5.41 Å². The van der Waals surface area contributed by atoms with E-state index in [0.717, 1.165) is 24.3 Å². The average Bonchev–Trinajstić information content (AvgIpc) is 2.85. The summed E-state index contributed by atoms with van der Waals surface area (Å²) in [5.41, 5.74) is -2.75. The first-order chi connectivity index (χ1) is 18.1. The highest BCUT2D eigenvalue weighted by Gasteiger charge is 2.32. The van der Waals surface area contributed by atoms with Gasteiger partial charge in [0.1, 0.15) is 5.82 Å². The Hall–Kier alpha value is -4.13. The zero-order valence-corrected chi connectivity index (χ0v) is 21.5. The van der Waals surface area contributed by atoms with Gasteiger partial charge in [0.15, 0.2) is 5.82 Å². The molecule has 4 aromatic rings. The third-order valence-corrected chi connectivity index (χ3v) is 6.95. The Balaban J connectivity index is 1.68. The predicted molar refractivity (Wildman–Crippen MR) is 135 cm³/mol. The second kappa shape index (κ2) is 9.88. The van der Waals surface area contributed by atoms with Gasteiger partial charge in [-0.3, -0.25) is 14.8 Å². The average molecular weight is 565 g/mol. The standard InChI is InChI=1S/C26H21F5N4O3S/c1-25(2,3)23(36)34-24-32-13-15-11-14(7-9-19(15)33-24)21-18(27)8-10-20(22(21)28)35-39(37,38)17-6-4-5-16(12-17)26(29,30)31/h4-13,35H,1-3H3,(H,32,33,34,36). The second-order valence-electron chi connectivity index (χ2n) is 9.59. The third-order valence-electron chi connectivity index (χ3n) is 5.58. The summed E-state index contributed by atoms with van der Waals surface area (Å²) in [4.78, 5) is 19.7. The molecule has 1 aromatic heterocycles. The van der Waals surface area contributed by atoms with Crippen LogP contribution in [0, 0.1) is 17.0 Å². The van der Waals surface area contributed by atoms with E-state index in [1.54, 1.807) is 20.8 Å². The van der Waals surface area contributed by atoms with Crippen LogP contribution in [0.1, 0.15) is 26.3 Å². The lowest BCUT2D eigenvalue weighted by Gasteiger charge is -2.16. The molecule has 0 fully saturated rings. The van der Waals surface area contributed by atoms with E-state index in [9.17, 15) is 30.8 Å². The topological polar surface area (TPSA) is 101 Å². The molecule has 0 saturated heterocycles. The van der Waals surface area contributed by atoms with E-state index in [-0.39, 0.29) is 17.4 Å². The molecule has 13 heteroatoms. The van der Waals surface area contributed by atoms with Crippen LogP contribution in [-0.4, -0.2) is 24.3 Å². The number of amides is 1. The number of anilines is 2. The number of halogens is 5. The number of rotatable bonds is 5. The van der Waals surface area contributed by atoms with E-state index in [2.05, 4.69) is 15.3 Å². The first-order valence-corrected chi connectivity index (χ1v) is 12.8. The number of fused-ring (bicyclic) bond motifs is 1. The molecule has 0 aliphatic heterocycles. The van der Waals surface area contributed by atoms with Crippen LogP contribution in [0.4, 0.5) is 33.6 Å². The first-order valence-electron chi connectivity index (χ1n) is 11.3. The van der Waals surface area contributed by atoms with Crippen LogP contribution in [0.15, 0.2) is 65.7 Å². The Morgan fingerprint density at radius 3 is 2.33 bits per heavy atom. The Morgan fingerprint density at radius 1 is 0.949 bits per heavy atom. The monoisotopic (exact) mass is 564 g/mol. The Kier molecular flexibility index (Phi) is 7.06. The van der Waals surface area contributed by atoms with E-state index < -0.39 is 55.0 Å². The minimum absolute atomic E-state index is 0.0210. The predicted octanol–water partition coefficient (Wildman–Crippen LogP) is 6.38. The lowest BCUT2D eigenvalue weighted by atomic mass is 9.96. The summed E-state index contributed by atoms with van der Waals surface area (Å²) < 4.78 is 96.6. The van der Waals surface area contributed by atoms with Crippen molar-refractivity contribution >= 4 is 38.5 Å². The van der Waals surface area contributed by atoms with Crippen molar-refractivity contribution in [3.8, 4) is 11.1 Å². The van der Waals surface area contributed by atoms with Gasteiger partial charge in [0, 0.05) is 17.0 Å². The fourth-order valence-corrected chi connectivity index (χ4v) is 4.58. The molecule has 0 aliphatic carbocycles. The molecule has 0 unspecified atom stereocenters. The summed E-state index contributed by atoms with van der Waals surface area (Å²) >= 11 is 0.